The highest BCUT2D eigenvalue weighted by molar-refractivity contribution is 7.49. The van der Waals surface area contributed by atoms with E-state index in [-0.39, 0.29) is 11.4 Å². The van der Waals surface area contributed by atoms with Crippen molar-refractivity contribution in [3.05, 3.63) is 94.0 Å². The number of para-hydroxylation sites is 2. The minimum Gasteiger partial charge on any atom is -0.386 e. The fourth-order valence-electron chi connectivity index (χ4n) is 2.37. The first kappa shape index (κ1) is 19.5. The second kappa shape index (κ2) is 8.15. The lowest BCUT2D eigenvalue weighted by Gasteiger charge is -2.21. The third kappa shape index (κ3) is 4.69. The summed E-state index contributed by atoms with van der Waals surface area (Å²) < 4.78 is 30.3. The Morgan fingerprint density at radius 2 is 1.21 bits per heavy atom. The molecule has 0 aliphatic heterocycles. The summed E-state index contributed by atoms with van der Waals surface area (Å²) >= 11 is 0. The molecule has 0 radical (unpaired) electrons. The van der Waals surface area contributed by atoms with Crippen LogP contribution in [-0.4, -0.2) is 4.92 Å². The number of phosphoric acid groups is 1. The monoisotopic (exact) mass is 399 g/mol. The minimum absolute atomic E-state index is 0.109. The van der Waals surface area contributed by atoms with E-state index < -0.39 is 12.7 Å². The highest BCUT2D eigenvalue weighted by Crippen LogP contribution is 2.50. The van der Waals surface area contributed by atoms with Gasteiger partial charge in [0, 0.05) is 12.1 Å². The Morgan fingerprint density at radius 1 is 0.750 bits per heavy atom. The molecular weight excluding hydrogens is 381 g/mol. The number of aryl methyl sites for hydroxylation is 2. The van der Waals surface area contributed by atoms with Crippen molar-refractivity contribution in [1.82, 2.24) is 0 Å². The van der Waals surface area contributed by atoms with E-state index in [1.54, 1.807) is 50.2 Å². The quantitative estimate of drug-likeness (QED) is 0.281. The molecule has 0 aromatic heterocycles. The normalized spacial score (nSPS) is 10.9. The molecule has 0 spiro atoms. The second-order valence-corrected chi connectivity index (χ2v) is 7.45. The van der Waals surface area contributed by atoms with Crippen LogP contribution in [0.2, 0.25) is 0 Å². The topological polar surface area (TPSA) is 87.9 Å². The molecule has 0 saturated heterocycles. The Labute approximate surface area is 162 Å². The van der Waals surface area contributed by atoms with Gasteiger partial charge >= 0.3 is 7.82 Å². The van der Waals surface area contributed by atoms with Crippen molar-refractivity contribution in [2.75, 3.05) is 0 Å². The third-order valence-electron chi connectivity index (χ3n) is 3.87. The van der Waals surface area contributed by atoms with Crippen LogP contribution in [0, 0.1) is 24.0 Å². The summed E-state index contributed by atoms with van der Waals surface area (Å²) in [5, 5.41) is 10.8. The van der Waals surface area contributed by atoms with E-state index in [0.29, 0.717) is 11.5 Å². The minimum atomic E-state index is -4.15. The Morgan fingerprint density at radius 3 is 1.64 bits per heavy atom. The van der Waals surface area contributed by atoms with Gasteiger partial charge in [0.25, 0.3) is 5.69 Å². The van der Waals surface area contributed by atoms with Crippen LogP contribution < -0.4 is 13.6 Å². The van der Waals surface area contributed by atoms with E-state index in [2.05, 4.69) is 0 Å². The number of nitro groups is 1. The fourth-order valence-corrected chi connectivity index (χ4v) is 3.76. The number of benzene rings is 3. The number of phosphoric ester groups is 1. The number of nitro benzene ring substituents is 1. The first-order chi connectivity index (χ1) is 13.4. The zero-order chi connectivity index (χ0) is 20.1. The third-order valence-corrected chi connectivity index (χ3v) is 5.15. The summed E-state index contributed by atoms with van der Waals surface area (Å²) in [6, 6.07) is 19.2. The number of hydrogen-bond donors (Lipinski definition) is 0. The fraction of sp³-hybridized carbons (Fsp3) is 0.100. The average molecular weight is 399 g/mol. The van der Waals surface area contributed by atoms with Crippen molar-refractivity contribution in [3.8, 4) is 17.2 Å². The lowest BCUT2D eigenvalue weighted by molar-refractivity contribution is -0.384. The van der Waals surface area contributed by atoms with Crippen molar-refractivity contribution in [3.63, 3.8) is 0 Å². The van der Waals surface area contributed by atoms with Crippen molar-refractivity contribution >= 4 is 13.5 Å². The molecule has 8 heteroatoms. The maximum atomic E-state index is 13.4. The summed E-state index contributed by atoms with van der Waals surface area (Å²) in [6.45, 7) is 3.61. The number of rotatable bonds is 7. The van der Waals surface area contributed by atoms with E-state index in [1.165, 1.54) is 24.3 Å². The van der Waals surface area contributed by atoms with Gasteiger partial charge in [-0.05, 0) is 49.2 Å². The van der Waals surface area contributed by atoms with Gasteiger partial charge in [-0.2, -0.15) is 4.57 Å². The van der Waals surface area contributed by atoms with Crippen LogP contribution in [0.15, 0.2) is 72.8 Å². The van der Waals surface area contributed by atoms with Gasteiger partial charge in [0.2, 0.25) is 0 Å². The van der Waals surface area contributed by atoms with Crippen LogP contribution in [0.25, 0.3) is 0 Å². The van der Waals surface area contributed by atoms with Gasteiger partial charge < -0.3 is 13.6 Å². The summed E-state index contributed by atoms with van der Waals surface area (Å²) in [6.07, 6.45) is 0. The Kier molecular flexibility index (Phi) is 5.66. The smallest absolute Gasteiger partial charge is 0.386 e. The van der Waals surface area contributed by atoms with E-state index >= 15 is 0 Å². The van der Waals surface area contributed by atoms with E-state index in [0.717, 1.165) is 11.1 Å². The first-order valence-electron chi connectivity index (χ1n) is 8.41. The highest BCUT2D eigenvalue weighted by Gasteiger charge is 2.34. The maximum absolute atomic E-state index is 13.4. The zero-order valence-electron chi connectivity index (χ0n) is 15.3. The lowest BCUT2D eigenvalue weighted by Crippen LogP contribution is -2.08. The second-order valence-electron chi connectivity index (χ2n) is 6.00. The maximum Gasteiger partial charge on any atom is 0.647 e. The van der Waals surface area contributed by atoms with Crippen molar-refractivity contribution in [2.45, 2.75) is 13.8 Å². The molecule has 0 aliphatic rings. The molecule has 0 atom stereocenters. The van der Waals surface area contributed by atoms with Crippen LogP contribution in [0.4, 0.5) is 5.69 Å². The van der Waals surface area contributed by atoms with Gasteiger partial charge in [0.1, 0.15) is 17.2 Å². The van der Waals surface area contributed by atoms with E-state index in [1.807, 2.05) is 12.1 Å². The van der Waals surface area contributed by atoms with Gasteiger partial charge in [-0.1, -0.05) is 36.4 Å². The summed E-state index contributed by atoms with van der Waals surface area (Å²) in [7, 11) is -4.15. The standard InChI is InChI=1S/C20H18NO6P/c1-15-7-3-5-9-19(15)26-28(24,27-20-10-6-4-8-16(20)2)25-18-13-11-17(12-14-18)21(22)23/h3-14H,1-2H3. The summed E-state index contributed by atoms with van der Waals surface area (Å²) in [4.78, 5) is 10.3. The van der Waals surface area contributed by atoms with Crippen LogP contribution in [-0.2, 0) is 4.57 Å². The molecule has 7 nitrogen and oxygen atoms in total. The Balaban J connectivity index is 1.93. The molecule has 0 aliphatic carbocycles. The molecule has 3 aromatic rings. The molecule has 144 valence electrons. The molecule has 0 bridgehead atoms. The van der Waals surface area contributed by atoms with Crippen molar-refractivity contribution < 1.29 is 23.1 Å². The predicted octanol–water partition coefficient (Wildman–Crippen LogP) is 5.86. The van der Waals surface area contributed by atoms with E-state index in [9.17, 15) is 14.7 Å². The first-order valence-corrected chi connectivity index (χ1v) is 9.87. The summed E-state index contributed by atoms with van der Waals surface area (Å²) in [5.74, 6) is 0.818. The number of hydrogen-bond acceptors (Lipinski definition) is 6. The SMILES string of the molecule is Cc1ccccc1OP(=O)(Oc1ccc([N+](=O)[O-])cc1)Oc1ccccc1C. The Bertz CT molecular complexity index is 983. The van der Waals surface area contributed by atoms with Crippen LogP contribution >= 0.6 is 7.82 Å². The van der Waals surface area contributed by atoms with Crippen LogP contribution in [0.3, 0.4) is 0 Å². The number of nitrogens with zero attached hydrogens (tertiary/aromatic N) is 1. The molecule has 0 fully saturated rings. The van der Waals surface area contributed by atoms with Crippen molar-refractivity contribution in [2.24, 2.45) is 0 Å². The largest absolute Gasteiger partial charge is 0.647 e. The van der Waals surface area contributed by atoms with Gasteiger partial charge in [0.15, 0.2) is 0 Å². The molecule has 0 unspecified atom stereocenters. The van der Waals surface area contributed by atoms with Gasteiger partial charge in [0.05, 0.1) is 4.92 Å². The van der Waals surface area contributed by atoms with E-state index in [4.69, 9.17) is 13.6 Å². The molecule has 3 aromatic carbocycles. The Hall–Kier alpha value is -3.31. The zero-order valence-corrected chi connectivity index (χ0v) is 16.2. The number of non-ortho nitro benzene ring substituents is 1. The molecule has 28 heavy (non-hydrogen) atoms. The van der Waals surface area contributed by atoms with Gasteiger partial charge in [-0.25, -0.2) is 0 Å². The molecular formula is C20H18NO6P. The van der Waals surface area contributed by atoms with Gasteiger partial charge in [-0.15, -0.1) is 0 Å². The molecule has 3 rings (SSSR count). The molecule has 0 heterocycles. The van der Waals surface area contributed by atoms with Crippen molar-refractivity contribution in [1.29, 1.82) is 0 Å². The van der Waals surface area contributed by atoms with Gasteiger partial charge in [-0.3, -0.25) is 10.1 Å². The highest BCUT2D eigenvalue weighted by atomic mass is 31.2. The molecule has 0 amide bonds. The van der Waals surface area contributed by atoms with Crippen LogP contribution in [0.5, 0.6) is 17.2 Å². The summed E-state index contributed by atoms with van der Waals surface area (Å²) in [5.41, 5.74) is 1.40. The predicted molar refractivity (Wildman–Crippen MR) is 105 cm³/mol. The average Bonchev–Trinajstić information content (AvgIpc) is 2.66. The van der Waals surface area contributed by atoms with Crippen LogP contribution in [0.1, 0.15) is 11.1 Å². The molecule has 0 N–H and O–H groups in total. The lowest BCUT2D eigenvalue weighted by atomic mass is 10.2. The molecule has 0 saturated carbocycles.